The van der Waals surface area contributed by atoms with Crippen LogP contribution < -0.4 is 9.64 Å². The van der Waals surface area contributed by atoms with Gasteiger partial charge in [-0.3, -0.25) is 4.79 Å². The number of benzene rings is 2. The van der Waals surface area contributed by atoms with Gasteiger partial charge in [-0.2, -0.15) is 10.2 Å². The zero-order valence-electron chi connectivity index (χ0n) is 23.4. The van der Waals surface area contributed by atoms with Crippen molar-refractivity contribution in [2.75, 3.05) is 24.5 Å². The highest BCUT2D eigenvalue weighted by Gasteiger charge is 2.32. The van der Waals surface area contributed by atoms with E-state index < -0.39 is 17.6 Å². The molecule has 1 aliphatic heterocycles. The van der Waals surface area contributed by atoms with E-state index in [2.05, 4.69) is 16.0 Å². The van der Waals surface area contributed by atoms with Crippen molar-refractivity contribution in [3.8, 4) is 11.8 Å². The van der Waals surface area contributed by atoms with Crippen LogP contribution in [0, 0.1) is 16.7 Å². The highest BCUT2D eigenvalue weighted by atomic mass is 35.5. The van der Waals surface area contributed by atoms with Crippen LogP contribution in [-0.4, -0.2) is 62.3 Å². The van der Waals surface area contributed by atoms with Crippen LogP contribution >= 0.6 is 11.6 Å². The Morgan fingerprint density at radius 3 is 2.63 bits per heavy atom. The van der Waals surface area contributed by atoms with Crippen LogP contribution in [0.5, 0.6) is 5.75 Å². The zero-order chi connectivity index (χ0) is 29.5. The van der Waals surface area contributed by atoms with Gasteiger partial charge in [-0.15, -0.1) is 0 Å². The van der Waals surface area contributed by atoms with Crippen molar-refractivity contribution in [3.63, 3.8) is 0 Å². The standard InChI is InChI=1S/C30H31ClN6O4/c1-30(2,3)27(38)41-22-14-18-7-5-6-8-23(18)19(15-22)13-20-16-35(4)25-24(20)33-28(31)34-26(25)36-11-12-37(29(39)40)21(17-36)9-10-32/h5-8,14-16,21H,9,11-13,17H2,1-4H3,(H,39,40). The molecule has 0 bridgehead atoms. The summed E-state index contributed by atoms with van der Waals surface area (Å²) < 4.78 is 7.71. The topological polar surface area (TPSA) is 125 Å². The molecule has 1 atom stereocenters. The normalized spacial score (nSPS) is 15.8. The number of halogens is 1. The van der Waals surface area contributed by atoms with Crippen LogP contribution in [-0.2, 0) is 18.3 Å². The van der Waals surface area contributed by atoms with Crippen LogP contribution in [0.25, 0.3) is 21.8 Å². The monoisotopic (exact) mass is 574 g/mol. The van der Waals surface area contributed by atoms with Gasteiger partial charge in [0, 0.05) is 44.9 Å². The number of aryl methyl sites for hydroxylation is 1. The number of carbonyl (C=O) groups excluding carboxylic acids is 1. The Bertz CT molecular complexity index is 1700. The first kappa shape index (κ1) is 28.2. The van der Waals surface area contributed by atoms with E-state index in [0.717, 1.165) is 27.4 Å². The predicted molar refractivity (Wildman–Crippen MR) is 156 cm³/mol. The summed E-state index contributed by atoms with van der Waals surface area (Å²) in [6, 6.07) is 13.3. The zero-order valence-corrected chi connectivity index (χ0v) is 24.1. The molecule has 2 aromatic heterocycles. The second-order valence-corrected chi connectivity index (χ2v) is 11.7. The van der Waals surface area contributed by atoms with Crippen molar-refractivity contribution >= 4 is 51.3 Å². The molecule has 0 saturated carbocycles. The molecule has 1 saturated heterocycles. The Morgan fingerprint density at radius 1 is 1.17 bits per heavy atom. The minimum atomic E-state index is -1.04. The first-order valence-electron chi connectivity index (χ1n) is 13.3. The van der Waals surface area contributed by atoms with Gasteiger partial charge < -0.3 is 24.2 Å². The molecule has 1 N–H and O–H groups in total. The fourth-order valence-electron chi connectivity index (χ4n) is 5.28. The van der Waals surface area contributed by atoms with Gasteiger partial charge in [-0.05, 0) is 60.8 Å². The number of amides is 1. The molecule has 0 aliphatic carbocycles. The fraction of sp³-hybridized carbons (Fsp3) is 0.367. The number of nitrogens with zero attached hydrogens (tertiary/aromatic N) is 6. The quantitative estimate of drug-likeness (QED) is 0.191. The average Bonchev–Trinajstić information content (AvgIpc) is 3.22. The summed E-state index contributed by atoms with van der Waals surface area (Å²) in [4.78, 5) is 36.8. The lowest BCUT2D eigenvalue weighted by molar-refractivity contribution is -0.142. The van der Waals surface area contributed by atoms with E-state index in [-0.39, 0.29) is 24.2 Å². The Kier molecular flexibility index (Phi) is 7.49. The number of fused-ring (bicyclic) bond motifs is 2. The maximum Gasteiger partial charge on any atom is 0.407 e. The van der Waals surface area contributed by atoms with Crippen molar-refractivity contribution < 1.29 is 19.4 Å². The number of rotatable bonds is 5. The molecule has 1 amide bonds. The van der Waals surface area contributed by atoms with Crippen LogP contribution in [0.4, 0.5) is 10.6 Å². The number of hydrogen-bond acceptors (Lipinski definition) is 7. The molecule has 11 heteroatoms. The number of hydrogen-bond donors (Lipinski definition) is 1. The molecule has 0 radical (unpaired) electrons. The van der Waals surface area contributed by atoms with Gasteiger partial charge in [0.15, 0.2) is 5.82 Å². The molecule has 3 heterocycles. The molecule has 10 nitrogen and oxygen atoms in total. The van der Waals surface area contributed by atoms with Crippen molar-refractivity contribution in [1.29, 1.82) is 5.26 Å². The third-order valence-corrected chi connectivity index (χ3v) is 7.49. The van der Waals surface area contributed by atoms with Crippen LogP contribution in [0.3, 0.4) is 0 Å². The second kappa shape index (κ2) is 10.9. The minimum absolute atomic E-state index is 0.0757. The van der Waals surface area contributed by atoms with E-state index in [4.69, 9.17) is 16.3 Å². The third kappa shape index (κ3) is 5.63. The van der Waals surface area contributed by atoms with E-state index >= 15 is 0 Å². The molecule has 0 spiro atoms. The maximum atomic E-state index is 12.6. The van der Waals surface area contributed by atoms with E-state index in [1.807, 2.05) is 79.9 Å². The molecular weight excluding hydrogens is 544 g/mol. The van der Waals surface area contributed by atoms with Gasteiger partial charge in [-0.1, -0.05) is 24.3 Å². The van der Waals surface area contributed by atoms with Gasteiger partial charge in [0.05, 0.1) is 29.5 Å². The number of anilines is 1. The molecule has 41 heavy (non-hydrogen) atoms. The van der Waals surface area contributed by atoms with Crippen molar-refractivity contribution in [1.82, 2.24) is 19.4 Å². The maximum absolute atomic E-state index is 12.6. The largest absolute Gasteiger partial charge is 0.465 e. The lowest BCUT2D eigenvalue weighted by atomic mass is 9.97. The van der Waals surface area contributed by atoms with Gasteiger partial charge >= 0.3 is 12.1 Å². The Hall–Kier alpha value is -4.36. The predicted octanol–water partition coefficient (Wildman–Crippen LogP) is 5.40. The third-order valence-electron chi connectivity index (χ3n) is 7.32. The van der Waals surface area contributed by atoms with Crippen molar-refractivity contribution in [2.45, 2.75) is 39.7 Å². The average molecular weight is 575 g/mol. The number of esters is 1. The van der Waals surface area contributed by atoms with E-state index in [0.29, 0.717) is 36.6 Å². The Labute approximate surface area is 242 Å². The van der Waals surface area contributed by atoms with E-state index in [1.54, 1.807) is 0 Å². The van der Waals surface area contributed by atoms with Gasteiger partial charge in [0.2, 0.25) is 5.28 Å². The number of aromatic nitrogens is 3. The first-order chi connectivity index (χ1) is 19.5. The molecule has 212 valence electrons. The van der Waals surface area contributed by atoms with E-state index in [9.17, 15) is 20.0 Å². The number of ether oxygens (including phenoxy) is 1. The molecule has 1 unspecified atom stereocenters. The number of nitriles is 1. The number of carbonyl (C=O) groups is 2. The summed E-state index contributed by atoms with van der Waals surface area (Å²) in [7, 11) is 1.91. The molecular formula is C30H31ClN6O4. The van der Waals surface area contributed by atoms with Gasteiger partial charge in [0.1, 0.15) is 11.3 Å². The summed E-state index contributed by atoms with van der Waals surface area (Å²) in [5.41, 5.74) is 2.68. The Balaban J connectivity index is 1.55. The summed E-state index contributed by atoms with van der Waals surface area (Å²) >= 11 is 6.45. The highest BCUT2D eigenvalue weighted by Crippen LogP contribution is 2.34. The summed E-state index contributed by atoms with van der Waals surface area (Å²) in [6.07, 6.45) is 1.52. The number of piperazine rings is 1. The van der Waals surface area contributed by atoms with Gasteiger partial charge in [-0.25, -0.2) is 9.78 Å². The summed E-state index contributed by atoms with van der Waals surface area (Å²) in [6.45, 7) is 6.42. The van der Waals surface area contributed by atoms with Crippen LogP contribution in [0.2, 0.25) is 5.28 Å². The summed E-state index contributed by atoms with van der Waals surface area (Å²) in [5, 5.41) is 21.0. The lowest BCUT2D eigenvalue weighted by Gasteiger charge is -2.39. The molecule has 5 rings (SSSR count). The summed E-state index contributed by atoms with van der Waals surface area (Å²) in [5.74, 6) is 0.761. The Morgan fingerprint density at radius 2 is 1.93 bits per heavy atom. The molecule has 1 fully saturated rings. The van der Waals surface area contributed by atoms with Crippen LogP contribution in [0.1, 0.15) is 38.3 Å². The van der Waals surface area contributed by atoms with Gasteiger partial charge in [0.25, 0.3) is 0 Å². The molecule has 4 aromatic rings. The molecule has 1 aliphatic rings. The fourth-order valence-corrected chi connectivity index (χ4v) is 5.45. The minimum Gasteiger partial charge on any atom is -0.465 e. The highest BCUT2D eigenvalue weighted by molar-refractivity contribution is 6.28. The number of carboxylic acid groups (broad SMARTS) is 1. The second-order valence-electron chi connectivity index (χ2n) is 11.3. The van der Waals surface area contributed by atoms with E-state index in [1.165, 1.54) is 4.90 Å². The molecule has 2 aromatic carbocycles. The first-order valence-corrected chi connectivity index (χ1v) is 13.7. The lowest BCUT2D eigenvalue weighted by Crippen LogP contribution is -2.55. The SMILES string of the molecule is Cn1cc(Cc2cc(OC(=O)C(C)(C)C)cc3ccccc23)c2nc(Cl)nc(N3CCN(C(=O)O)C(CC#N)C3)c21. The van der Waals surface area contributed by atoms with Crippen molar-refractivity contribution in [2.24, 2.45) is 12.5 Å². The van der Waals surface area contributed by atoms with Crippen LogP contribution in [0.15, 0.2) is 42.6 Å². The van der Waals surface area contributed by atoms with Crippen molar-refractivity contribution in [3.05, 3.63) is 59.0 Å². The smallest absolute Gasteiger partial charge is 0.407 e.